The molecule has 1 aromatic carbocycles. The maximum absolute atomic E-state index is 13.6. The van der Waals surface area contributed by atoms with Gasteiger partial charge in [-0.25, -0.2) is 4.39 Å². The van der Waals surface area contributed by atoms with Crippen molar-refractivity contribution in [2.45, 2.75) is 24.7 Å². The molecule has 0 amide bonds. The summed E-state index contributed by atoms with van der Waals surface area (Å²) in [6.07, 6.45) is 3.02. The second-order valence-corrected chi connectivity index (χ2v) is 4.86. The fourth-order valence-electron chi connectivity index (χ4n) is 1.99. The summed E-state index contributed by atoms with van der Waals surface area (Å²) in [4.78, 5) is 0. The molecule has 0 bridgehead atoms. The van der Waals surface area contributed by atoms with E-state index in [1.165, 1.54) is 6.07 Å². The lowest BCUT2D eigenvalue weighted by Gasteiger charge is -2.15. The standard InChI is InChI=1S/C11H13BrFN/c12-8-1-2-10(13)9(7-8)11(3-4-11)5-6-14/h1-2,7H,3-6,14H2. The molecule has 0 atom stereocenters. The Morgan fingerprint density at radius 1 is 1.43 bits per heavy atom. The van der Waals surface area contributed by atoms with Gasteiger partial charge in [-0.1, -0.05) is 15.9 Å². The van der Waals surface area contributed by atoms with E-state index in [0.29, 0.717) is 6.54 Å². The molecule has 1 nitrogen and oxygen atoms in total. The predicted octanol–water partition coefficient (Wildman–Crippen LogP) is 2.97. The van der Waals surface area contributed by atoms with Crippen LogP contribution in [-0.4, -0.2) is 6.54 Å². The van der Waals surface area contributed by atoms with Crippen molar-refractivity contribution in [3.8, 4) is 0 Å². The Hall–Kier alpha value is -0.410. The van der Waals surface area contributed by atoms with Crippen molar-refractivity contribution < 1.29 is 4.39 Å². The van der Waals surface area contributed by atoms with Gasteiger partial charge in [0.2, 0.25) is 0 Å². The van der Waals surface area contributed by atoms with E-state index in [2.05, 4.69) is 15.9 Å². The maximum atomic E-state index is 13.6. The molecule has 14 heavy (non-hydrogen) atoms. The SMILES string of the molecule is NCCC1(c2cc(Br)ccc2F)CC1. The van der Waals surface area contributed by atoms with Crippen LogP contribution in [0.1, 0.15) is 24.8 Å². The molecule has 1 saturated carbocycles. The molecule has 2 rings (SSSR count). The molecule has 1 fully saturated rings. The highest BCUT2D eigenvalue weighted by molar-refractivity contribution is 9.10. The van der Waals surface area contributed by atoms with E-state index in [1.54, 1.807) is 6.07 Å². The van der Waals surface area contributed by atoms with Gasteiger partial charge in [-0.3, -0.25) is 0 Å². The van der Waals surface area contributed by atoms with Gasteiger partial charge < -0.3 is 5.73 Å². The van der Waals surface area contributed by atoms with Gasteiger partial charge >= 0.3 is 0 Å². The van der Waals surface area contributed by atoms with Crippen molar-refractivity contribution in [2.24, 2.45) is 5.73 Å². The van der Waals surface area contributed by atoms with Crippen molar-refractivity contribution in [3.05, 3.63) is 34.1 Å². The van der Waals surface area contributed by atoms with Crippen LogP contribution in [0.4, 0.5) is 4.39 Å². The molecule has 1 aliphatic rings. The molecule has 1 aliphatic carbocycles. The highest BCUT2D eigenvalue weighted by Gasteiger charge is 2.44. The molecule has 0 spiro atoms. The van der Waals surface area contributed by atoms with E-state index in [1.807, 2.05) is 6.07 Å². The van der Waals surface area contributed by atoms with Crippen LogP contribution >= 0.6 is 15.9 Å². The highest BCUT2D eigenvalue weighted by atomic mass is 79.9. The molecule has 0 radical (unpaired) electrons. The van der Waals surface area contributed by atoms with Crippen molar-refractivity contribution in [1.82, 2.24) is 0 Å². The summed E-state index contributed by atoms with van der Waals surface area (Å²) in [6.45, 7) is 0.631. The van der Waals surface area contributed by atoms with E-state index in [-0.39, 0.29) is 11.2 Å². The third-order valence-electron chi connectivity index (χ3n) is 2.98. The van der Waals surface area contributed by atoms with E-state index in [9.17, 15) is 4.39 Å². The van der Waals surface area contributed by atoms with Crippen molar-refractivity contribution in [2.75, 3.05) is 6.54 Å². The van der Waals surface area contributed by atoms with Crippen LogP contribution in [0.15, 0.2) is 22.7 Å². The first-order valence-corrected chi connectivity index (χ1v) is 5.63. The Kier molecular flexibility index (Phi) is 2.62. The van der Waals surface area contributed by atoms with Crippen LogP contribution in [0, 0.1) is 5.82 Å². The number of nitrogens with two attached hydrogens (primary N) is 1. The van der Waals surface area contributed by atoms with Crippen molar-refractivity contribution in [1.29, 1.82) is 0 Å². The van der Waals surface area contributed by atoms with Crippen LogP contribution in [0.2, 0.25) is 0 Å². The summed E-state index contributed by atoms with van der Waals surface area (Å²) in [5, 5.41) is 0. The Bertz CT molecular complexity index is 347. The second kappa shape index (κ2) is 3.63. The van der Waals surface area contributed by atoms with Crippen LogP contribution < -0.4 is 5.73 Å². The summed E-state index contributed by atoms with van der Waals surface area (Å²) in [5.74, 6) is -0.0980. The molecule has 0 saturated heterocycles. The zero-order valence-corrected chi connectivity index (χ0v) is 9.48. The smallest absolute Gasteiger partial charge is 0.127 e. The quantitative estimate of drug-likeness (QED) is 0.886. The molecule has 76 valence electrons. The zero-order valence-electron chi connectivity index (χ0n) is 7.89. The minimum atomic E-state index is -0.0980. The van der Waals surface area contributed by atoms with Crippen LogP contribution in [0.3, 0.4) is 0 Å². The molecular formula is C11H13BrFN. The lowest BCUT2D eigenvalue weighted by Crippen LogP contribution is -2.15. The van der Waals surface area contributed by atoms with Crippen molar-refractivity contribution in [3.63, 3.8) is 0 Å². The first-order chi connectivity index (χ1) is 6.68. The molecule has 3 heteroatoms. The van der Waals surface area contributed by atoms with E-state index < -0.39 is 0 Å². The number of benzene rings is 1. The average molecular weight is 258 g/mol. The summed E-state index contributed by atoms with van der Waals surface area (Å²) < 4.78 is 14.5. The molecule has 0 unspecified atom stereocenters. The molecule has 0 aliphatic heterocycles. The topological polar surface area (TPSA) is 26.0 Å². The number of rotatable bonds is 3. The monoisotopic (exact) mass is 257 g/mol. The zero-order chi connectivity index (χ0) is 10.2. The van der Waals surface area contributed by atoms with Gasteiger partial charge in [-0.05, 0) is 55.0 Å². The third kappa shape index (κ3) is 1.71. The number of hydrogen-bond acceptors (Lipinski definition) is 1. The fourth-order valence-corrected chi connectivity index (χ4v) is 2.35. The van der Waals surface area contributed by atoms with Gasteiger partial charge in [-0.2, -0.15) is 0 Å². The lowest BCUT2D eigenvalue weighted by atomic mass is 9.92. The summed E-state index contributed by atoms with van der Waals surface area (Å²) in [5.41, 5.74) is 6.42. The van der Waals surface area contributed by atoms with Gasteiger partial charge in [0.25, 0.3) is 0 Å². The van der Waals surface area contributed by atoms with Gasteiger partial charge in [0.05, 0.1) is 0 Å². The molecular weight excluding hydrogens is 245 g/mol. The Morgan fingerprint density at radius 3 is 2.71 bits per heavy atom. The Balaban J connectivity index is 2.35. The van der Waals surface area contributed by atoms with Crippen LogP contribution in [0.25, 0.3) is 0 Å². The summed E-state index contributed by atoms with van der Waals surface area (Å²) >= 11 is 3.37. The lowest BCUT2D eigenvalue weighted by molar-refractivity contribution is 0.550. The number of hydrogen-bond donors (Lipinski definition) is 1. The van der Waals surface area contributed by atoms with E-state index >= 15 is 0 Å². The first-order valence-electron chi connectivity index (χ1n) is 4.83. The second-order valence-electron chi connectivity index (χ2n) is 3.94. The van der Waals surface area contributed by atoms with Crippen LogP contribution in [0.5, 0.6) is 0 Å². The minimum Gasteiger partial charge on any atom is -0.330 e. The number of halogens is 2. The van der Waals surface area contributed by atoms with Gasteiger partial charge in [0.1, 0.15) is 5.82 Å². The highest BCUT2D eigenvalue weighted by Crippen LogP contribution is 2.51. The Morgan fingerprint density at radius 2 is 2.14 bits per heavy atom. The van der Waals surface area contributed by atoms with Crippen LogP contribution in [-0.2, 0) is 5.41 Å². The van der Waals surface area contributed by atoms with E-state index in [0.717, 1.165) is 29.3 Å². The largest absolute Gasteiger partial charge is 0.330 e. The summed E-state index contributed by atoms with van der Waals surface area (Å²) in [7, 11) is 0. The normalized spacial score (nSPS) is 18.2. The van der Waals surface area contributed by atoms with Gasteiger partial charge in [0.15, 0.2) is 0 Å². The predicted molar refractivity (Wildman–Crippen MR) is 58.7 cm³/mol. The van der Waals surface area contributed by atoms with Gasteiger partial charge in [-0.15, -0.1) is 0 Å². The first kappa shape index (κ1) is 10.1. The van der Waals surface area contributed by atoms with Crippen molar-refractivity contribution >= 4 is 15.9 Å². The fraction of sp³-hybridized carbons (Fsp3) is 0.455. The third-order valence-corrected chi connectivity index (χ3v) is 3.47. The molecule has 0 aromatic heterocycles. The molecule has 1 aromatic rings. The molecule has 0 heterocycles. The minimum absolute atomic E-state index is 0.0443. The van der Waals surface area contributed by atoms with Gasteiger partial charge in [0, 0.05) is 4.47 Å². The average Bonchev–Trinajstić information content (AvgIpc) is 2.91. The molecule has 2 N–H and O–H groups in total. The van der Waals surface area contributed by atoms with E-state index in [4.69, 9.17) is 5.73 Å². The Labute approximate surface area is 91.6 Å². The maximum Gasteiger partial charge on any atom is 0.127 e. The summed E-state index contributed by atoms with van der Waals surface area (Å²) in [6, 6.07) is 5.14.